The molecule has 6 heteroatoms. The van der Waals surface area contributed by atoms with E-state index in [-0.39, 0.29) is 11.5 Å². The van der Waals surface area contributed by atoms with Gasteiger partial charge in [-0.05, 0) is 104 Å². The van der Waals surface area contributed by atoms with Crippen LogP contribution in [0.2, 0.25) is 0 Å². The third-order valence-corrected chi connectivity index (χ3v) is 9.87. The molecule has 1 fully saturated rings. The van der Waals surface area contributed by atoms with Crippen LogP contribution in [0.25, 0.3) is 43.8 Å². The van der Waals surface area contributed by atoms with E-state index in [1.165, 1.54) is 32.3 Å². The second-order valence-corrected chi connectivity index (χ2v) is 12.6. The standard InChI is InChI=1S/C38H32N2O3S/c41-33-9-5-27-19-25(1-3-29(27)21-33)31-7-11-35-37(23-31)44-38-24-32(26-2-4-30-22-34(42)10-6-28(30)20-26)8-12-36(38)40(35)14-13-39-15-17-43-18-16-39/h1-12,19-24,41-42H,13-18H2. The predicted molar refractivity (Wildman–Crippen MR) is 180 cm³/mol. The maximum absolute atomic E-state index is 9.90. The quantitative estimate of drug-likeness (QED) is 0.208. The SMILES string of the molecule is Oc1ccc2cc(-c3ccc4c(c3)Sc3cc(-c5ccc6cc(O)ccc6c5)ccc3N4CCN3CCOCC3)ccc2c1. The van der Waals surface area contributed by atoms with Crippen molar-refractivity contribution in [1.82, 2.24) is 4.90 Å². The highest BCUT2D eigenvalue weighted by atomic mass is 32.2. The molecule has 0 atom stereocenters. The Hall–Kier alpha value is -4.49. The molecule has 8 rings (SSSR count). The van der Waals surface area contributed by atoms with Crippen LogP contribution < -0.4 is 4.90 Å². The number of anilines is 2. The highest BCUT2D eigenvalue weighted by Crippen LogP contribution is 2.50. The van der Waals surface area contributed by atoms with Crippen molar-refractivity contribution in [2.45, 2.75) is 9.79 Å². The largest absolute Gasteiger partial charge is 0.508 e. The summed E-state index contributed by atoms with van der Waals surface area (Å²) in [5.74, 6) is 0.572. The lowest BCUT2D eigenvalue weighted by atomic mass is 10.00. The first kappa shape index (κ1) is 27.1. The highest BCUT2D eigenvalue weighted by Gasteiger charge is 2.25. The Morgan fingerprint density at radius 2 is 0.977 bits per heavy atom. The van der Waals surface area contributed by atoms with Crippen LogP contribution in [0.4, 0.5) is 11.4 Å². The fourth-order valence-corrected chi connectivity index (χ4v) is 7.55. The van der Waals surface area contributed by atoms with Crippen LogP contribution in [-0.2, 0) is 4.74 Å². The molecule has 6 aromatic carbocycles. The molecule has 5 nitrogen and oxygen atoms in total. The number of rotatable bonds is 5. The van der Waals surface area contributed by atoms with Crippen LogP contribution in [0.1, 0.15) is 0 Å². The zero-order valence-electron chi connectivity index (χ0n) is 24.2. The Labute approximate surface area is 260 Å². The third kappa shape index (κ3) is 5.15. The average Bonchev–Trinajstić information content (AvgIpc) is 3.06. The van der Waals surface area contributed by atoms with Crippen LogP contribution in [-0.4, -0.2) is 54.5 Å². The topological polar surface area (TPSA) is 56.2 Å². The first-order chi connectivity index (χ1) is 21.6. The Morgan fingerprint density at radius 1 is 0.523 bits per heavy atom. The fourth-order valence-electron chi connectivity index (χ4n) is 6.38. The van der Waals surface area contributed by atoms with Gasteiger partial charge < -0.3 is 19.8 Å². The average molecular weight is 597 g/mol. The summed E-state index contributed by atoms with van der Waals surface area (Å²) in [7, 11) is 0. The normalized spacial score (nSPS) is 15.0. The number of ether oxygens (including phenoxy) is 1. The van der Waals surface area contributed by atoms with Gasteiger partial charge in [-0.1, -0.05) is 60.3 Å². The Kier molecular flexibility index (Phi) is 6.90. The molecule has 0 amide bonds. The Bertz CT molecular complexity index is 1900. The van der Waals surface area contributed by atoms with Gasteiger partial charge in [0.05, 0.1) is 24.6 Å². The van der Waals surface area contributed by atoms with Gasteiger partial charge >= 0.3 is 0 Å². The Morgan fingerprint density at radius 3 is 1.52 bits per heavy atom. The first-order valence-electron chi connectivity index (χ1n) is 15.1. The lowest BCUT2D eigenvalue weighted by molar-refractivity contribution is 0.0394. The molecule has 2 heterocycles. The van der Waals surface area contributed by atoms with Crippen LogP contribution >= 0.6 is 11.8 Å². The van der Waals surface area contributed by atoms with Crippen molar-refractivity contribution >= 4 is 44.7 Å². The van der Waals surface area contributed by atoms with Crippen LogP contribution in [0.15, 0.2) is 119 Å². The van der Waals surface area contributed by atoms with Gasteiger partial charge in [0.25, 0.3) is 0 Å². The number of benzene rings is 6. The smallest absolute Gasteiger partial charge is 0.116 e. The number of morpholine rings is 1. The Balaban J connectivity index is 1.17. The van der Waals surface area contributed by atoms with E-state index in [0.29, 0.717) is 0 Å². The molecule has 2 N–H and O–H groups in total. The molecule has 0 aromatic heterocycles. The molecule has 0 spiro atoms. The number of phenolic OH excluding ortho intramolecular Hbond substituents is 2. The lowest BCUT2D eigenvalue weighted by Crippen LogP contribution is -2.41. The second kappa shape index (κ2) is 11.2. The molecule has 1 saturated heterocycles. The fraction of sp³-hybridized carbons (Fsp3) is 0.158. The summed E-state index contributed by atoms with van der Waals surface area (Å²) in [4.78, 5) is 7.46. The molecule has 0 aliphatic carbocycles. The van der Waals surface area contributed by atoms with E-state index < -0.39 is 0 Å². The van der Waals surface area contributed by atoms with Crippen molar-refractivity contribution in [3.63, 3.8) is 0 Å². The van der Waals surface area contributed by atoms with E-state index in [1.54, 1.807) is 12.1 Å². The maximum Gasteiger partial charge on any atom is 0.116 e. The number of nitrogens with zero attached hydrogens (tertiary/aromatic N) is 2. The summed E-state index contributed by atoms with van der Waals surface area (Å²) >= 11 is 1.84. The van der Waals surface area contributed by atoms with E-state index >= 15 is 0 Å². The molecule has 2 aliphatic rings. The summed E-state index contributed by atoms with van der Waals surface area (Å²) in [5, 5.41) is 24.1. The molecule has 218 valence electrons. The summed E-state index contributed by atoms with van der Waals surface area (Å²) in [6.45, 7) is 5.42. The zero-order chi connectivity index (χ0) is 29.6. The van der Waals surface area contributed by atoms with Gasteiger partial charge in [-0.3, -0.25) is 4.90 Å². The predicted octanol–water partition coefficient (Wildman–Crippen LogP) is 8.67. The van der Waals surface area contributed by atoms with Crippen molar-refractivity contribution in [1.29, 1.82) is 0 Å². The van der Waals surface area contributed by atoms with Gasteiger partial charge in [0.15, 0.2) is 0 Å². The van der Waals surface area contributed by atoms with Crippen molar-refractivity contribution in [2.24, 2.45) is 0 Å². The molecule has 0 unspecified atom stereocenters. The summed E-state index contributed by atoms with van der Waals surface area (Å²) in [6, 6.07) is 37.5. The van der Waals surface area contributed by atoms with E-state index in [0.717, 1.165) is 72.1 Å². The molecule has 44 heavy (non-hydrogen) atoms. The van der Waals surface area contributed by atoms with Crippen LogP contribution in [0.5, 0.6) is 11.5 Å². The highest BCUT2D eigenvalue weighted by molar-refractivity contribution is 7.99. The van der Waals surface area contributed by atoms with Crippen molar-refractivity contribution < 1.29 is 14.9 Å². The van der Waals surface area contributed by atoms with Gasteiger partial charge in [0.1, 0.15) is 11.5 Å². The minimum absolute atomic E-state index is 0.286. The molecular formula is C38H32N2O3S. The zero-order valence-corrected chi connectivity index (χ0v) is 25.1. The van der Waals surface area contributed by atoms with Gasteiger partial charge in [0, 0.05) is 36.0 Å². The van der Waals surface area contributed by atoms with Crippen molar-refractivity contribution in [3.05, 3.63) is 109 Å². The number of fused-ring (bicyclic) bond motifs is 4. The minimum Gasteiger partial charge on any atom is -0.508 e. The summed E-state index contributed by atoms with van der Waals surface area (Å²) < 4.78 is 5.60. The molecular weight excluding hydrogens is 564 g/mol. The van der Waals surface area contributed by atoms with Crippen LogP contribution in [0.3, 0.4) is 0 Å². The van der Waals surface area contributed by atoms with E-state index in [1.807, 2.05) is 36.0 Å². The third-order valence-electron chi connectivity index (χ3n) is 8.78. The number of hydrogen-bond acceptors (Lipinski definition) is 6. The molecule has 6 aromatic rings. The number of hydrogen-bond donors (Lipinski definition) is 2. The summed E-state index contributed by atoms with van der Waals surface area (Å²) in [5.41, 5.74) is 7.15. The van der Waals surface area contributed by atoms with Gasteiger partial charge in [0.2, 0.25) is 0 Å². The first-order valence-corrected chi connectivity index (χ1v) is 15.9. The van der Waals surface area contributed by atoms with Gasteiger partial charge in [-0.25, -0.2) is 0 Å². The molecule has 0 radical (unpaired) electrons. The number of aromatic hydroxyl groups is 2. The van der Waals surface area contributed by atoms with Crippen molar-refractivity contribution in [2.75, 3.05) is 44.3 Å². The molecule has 0 bridgehead atoms. The minimum atomic E-state index is 0.286. The lowest BCUT2D eigenvalue weighted by Gasteiger charge is -2.36. The van der Waals surface area contributed by atoms with Gasteiger partial charge in [-0.2, -0.15) is 0 Å². The molecule has 0 saturated carbocycles. The molecule has 2 aliphatic heterocycles. The summed E-state index contributed by atoms with van der Waals surface area (Å²) in [6.07, 6.45) is 0. The van der Waals surface area contributed by atoms with E-state index in [2.05, 4.69) is 82.6 Å². The van der Waals surface area contributed by atoms with Crippen molar-refractivity contribution in [3.8, 4) is 33.8 Å². The number of phenols is 2. The monoisotopic (exact) mass is 596 g/mol. The second-order valence-electron chi connectivity index (χ2n) is 11.6. The van der Waals surface area contributed by atoms with Gasteiger partial charge in [-0.15, -0.1) is 0 Å². The van der Waals surface area contributed by atoms with E-state index in [4.69, 9.17) is 4.74 Å². The maximum atomic E-state index is 9.90. The van der Waals surface area contributed by atoms with Crippen LogP contribution in [0, 0.1) is 0 Å². The van der Waals surface area contributed by atoms with E-state index in [9.17, 15) is 10.2 Å².